The summed E-state index contributed by atoms with van der Waals surface area (Å²) in [4.78, 5) is 11.7. The maximum Gasteiger partial charge on any atom is 0.162 e. The highest BCUT2D eigenvalue weighted by Crippen LogP contribution is 2.45. The average molecular weight is 254 g/mol. The molecule has 2 aliphatic carbocycles. The first-order chi connectivity index (χ1) is 9.19. The van der Waals surface area contributed by atoms with Gasteiger partial charge < -0.3 is 4.74 Å². The van der Waals surface area contributed by atoms with Crippen LogP contribution >= 0.6 is 0 Å². The van der Waals surface area contributed by atoms with Crippen LogP contribution in [0.3, 0.4) is 0 Å². The van der Waals surface area contributed by atoms with Crippen molar-refractivity contribution in [3.05, 3.63) is 59.7 Å². The highest BCUT2D eigenvalue weighted by Gasteiger charge is 2.41. The molecule has 0 unspecified atom stereocenters. The molecule has 3 rings (SSSR count). The molecule has 0 spiro atoms. The predicted molar refractivity (Wildman–Crippen MR) is 74.5 cm³/mol. The molecule has 0 radical (unpaired) electrons. The van der Waals surface area contributed by atoms with E-state index >= 15 is 0 Å². The second-order valence-electron chi connectivity index (χ2n) is 5.59. The van der Waals surface area contributed by atoms with Gasteiger partial charge in [0.1, 0.15) is 0 Å². The summed E-state index contributed by atoms with van der Waals surface area (Å²) in [6.07, 6.45) is 6.84. The van der Waals surface area contributed by atoms with E-state index in [1.807, 2.05) is 24.3 Å². The Balaban J connectivity index is 1.64. The molecule has 2 atom stereocenters. The lowest BCUT2D eigenvalue weighted by Crippen LogP contribution is -2.27. The van der Waals surface area contributed by atoms with Crippen molar-refractivity contribution in [2.75, 3.05) is 6.61 Å². The summed E-state index contributed by atoms with van der Waals surface area (Å²) in [5, 5.41) is 0. The molecule has 19 heavy (non-hydrogen) atoms. The van der Waals surface area contributed by atoms with E-state index in [0.717, 1.165) is 6.42 Å². The molecule has 0 N–H and O–H groups in total. The summed E-state index contributed by atoms with van der Waals surface area (Å²) < 4.78 is 5.86. The van der Waals surface area contributed by atoms with Crippen molar-refractivity contribution in [3.63, 3.8) is 0 Å². The summed E-state index contributed by atoms with van der Waals surface area (Å²) in [5.41, 5.74) is 2.32. The second-order valence-corrected chi connectivity index (χ2v) is 5.59. The first kappa shape index (κ1) is 12.4. The van der Waals surface area contributed by atoms with Crippen LogP contribution in [-0.2, 0) is 16.1 Å². The Kier molecular flexibility index (Phi) is 3.11. The van der Waals surface area contributed by atoms with Gasteiger partial charge in [-0.25, -0.2) is 0 Å². The van der Waals surface area contributed by atoms with Crippen molar-refractivity contribution >= 4 is 5.78 Å². The largest absolute Gasteiger partial charge is 0.376 e. The molecule has 0 aliphatic heterocycles. The number of ether oxygens (including phenoxy) is 1. The SMILES string of the molecule is CC1=C[C@@]2(COCc3ccccc3)C=CC(=O)[C@@H]1C2. The summed E-state index contributed by atoms with van der Waals surface area (Å²) in [7, 11) is 0. The van der Waals surface area contributed by atoms with Crippen LogP contribution in [0.25, 0.3) is 0 Å². The highest BCUT2D eigenvalue weighted by molar-refractivity contribution is 5.95. The van der Waals surface area contributed by atoms with E-state index in [0.29, 0.717) is 13.2 Å². The molecule has 2 aliphatic rings. The molecular weight excluding hydrogens is 236 g/mol. The first-order valence-corrected chi connectivity index (χ1v) is 6.73. The lowest BCUT2D eigenvalue weighted by molar-refractivity contribution is -0.118. The van der Waals surface area contributed by atoms with Crippen molar-refractivity contribution in [2.45, 2.75) is 20.0 Å². The number of fused-ring (bicyclic) bond motifs is 2. The fourth-order valence-electron chi connectivity index (χ4n) is 3.04. The second kappa shape index (κ2) is 4.78. The minimum atomic E-state index is -0.0581. The van der Waals surface area contributed by atoms with E-state index in [2.05, 4.69) is 25.1 Å². The smallest absolute Gasteiger partial charge is 0.162 e. The Morgan fingerprint density at radius 3 is 2.89 bits per heavy atom. The molecule has 1 aromatic rings. The standard InChI is InChI=1S/C17H18O2/c1-13-9-17(8-7-16(18)15(13)10-17)12-19-11-14-5-3-2-4-6-14/h2-9,15H,10-12H2,1H3/t15-,17+/m1/s1. The van der Waals surface area contributed by atoms with Gasteiger partial charge in [-0.2, -0.15) is 0 Å². The van der Waals surface area contributed by atoms with E-state index in [4.69, 9.17) is 4.74 Å². The Labute approximate surface area is 113 Å². The van der Waals surface area contributed by atoms with Crippen LogP contribution in [0.5, 0.6) is 0 Å². The van der Waals surface area contributed by atoms with Gasteiger partial charge in [0.25, 0.3) is 0 Å². The van der Waals surface area contributed by atoms with Gasteiger partial charge in [-0.05, 0) is 25.0 Å². The summed E-state index contributed by atoms with van der Waals surface area (Å²) in [6.45, 7) is 3.33. The lowest BCUT2D eigenvalue weighted by Gasteiger charge is -2.27. The minimum Gasteiger partial charge on any atom is -0.376 e. The number of ketones is 1. The quantitative estimate of drug-likeness (QED) is 0.771. The van der Waals surface area contributed by atoms with Gasteiger partial charge in [0.05, 0.1) is 13.2 Å². The number of allylic oxidation sites excluding steroid dienone is 2. The normalized spacial score (nSPS) is 28.6. The van der Waals surface area contributed by atoms with Gasteiger partial charge in [0, 0.05) is 11.3 Å². The molecule has 0 saturated heterocycles. The third-order valence-electron chi connectivity index (χ3n) is 4.05. The van der Waals surface area contributed by atoms with Crippen LogP contribution in [0.2, 0.25) is 0 Å². The van der Waals surface area contributed by atoms with E-state index in [-0.39, 0.29) is 17.1 Å². The fraction of sp³-hybridized carbons (Fsp3) is 0.353. The number of hydrogen-bond acceptors (Lipinski definition) is 2. The van der Waals surface area contributed by atoms with Crippen molar-refractivity contribution in [1.82, 2.24) is 0 Å². The van der Waals surface area contributed by atoms with Gasteiger partial charge in [-0.3, -0.25) is 4.79 Å². The van der Waals surface area contributed by atoms with E-state index < -0.39 is 0 Å². The van der Waals surface area contributed by atoms with Crippen LogP contribution < -0.4 is 0 Å². The first-order valence-electron chi connectivity index (χ1n) is 6.73. The lowest BCUT2D eigenvalue weighted by atomic mass is 9.80. The number of hydrogen-bond donors (Lipinski definition) is 0. The van der Waals surface area contributed by atoms with Gasteiger partial charge in [-0.1, -0.05) is 48.1 Å². The molecular formula is C17H18O2. The monoisotopic (exact) mass is 254 g/mol. The predicted octanol–water partition coefficient (Wildman–Crippen LogP) is 3.29. The third kappa shape index (κ3) is 2.41. The van der Waals surface area contributed by atoms with E-state index in [9.17, 15) is 4.79 Å². The molecule has 0 heterocycles. The van der Waals surface area contributed by atoms with Gasteiger partial charge in [0.15, 0.2) is 5.78 Å². The van der Waals surface area contributed by atoms with Gasteiger partial charge in [0.2, 0.25) is 0 Å². The molecule has 1 aromatic carbocycles. The van der Waals surface area contributed by atoms with Crippen LogP contribution in [0.15, 0.2) is 54.1 Å². The molecule has 98 valence electrons. The average Bonchev–Trinajstić information content (AvgIpc) is 2.70. The fourth-order valence-corrected chi connectivity index (χ4v) is 3.04. The van der Waals surface area contributed by atoms with Gasteiger partial charge in [-0.15, -0.1) is 0 Å². The summed E-state index contributed by atoms with van der Waals surface area (Å²) in [6, 6.07) is 10.2. The Hall–Kier alpha value is -1.67. The Bertz CT molecular complexity index is 542. The van der Waals surface area contributed by atoms with Crippen LogP contribution in [0, 0.1) is 11.3 Å². The molecule has 2 heteroatoms. The van der Waals surface area contributed by atoms with Crippen LogP contribution in [-0.4, -0.2) is 12.4 Å². The number of carbonyl (C=O) groups excluding carboxylic acids is 1. The zero-order chi connectivity index (χ0) is 13.3. The zero-order valence-electron chi connectivity index (χ0n) is 11.1. The molecule has 0 aromatic heterocycles. The Morgan fingerprint density at radius 2 is 2.11 bits per heavy atom. The maximum atomic E-state index is 11.7. The van der Waals surface area contributed by atoms with Crippen molar-refractivity contribution in [1.29, 1.82) is 0 Å². The maximum absolute atomic E-state index is 11.7. The summed E-state index contributed by atoms with van der Waals surface area (Å²) in [5.74, 6) is 0.329. The van der Waals surface area contributed by atoms with E-state index in [1.165, 1.54) is 11.1 Å². The molecule has 0 amide bonds. The van der Waals surface area contributed by atoms with Crippen molar-refractivity contribution < 1.29 is 9.53 Å². The topological polar surface area (TPSA) is 26.3 Å². The summed E-state index contributed by atoms with van der Waals surface area (Å²) >= 11 is 0. The minimum absolute atomic E-state index is 0.0581. The number of rotatable bonds is 4. The third-order valence-corrected chi connectivity index (χ3v) is 4.05. The van der Waals surface area contributed by atoms with Crippen LogP contribution in [0.4, 0.5) is 0 Å². The molecule has 0 fully saturated rings. The highest BCUT2D eigenvalue weighted by atomic mass is 16.5. The number of benzene rings is 1. The molecule has 2 bridgehead atoms. The molecule has 2 nitrogen and oxygen atoms in total. The zero-order valence-corrected chi connectivity index (χ0v) is 11.1. The van der Waals surface area contributed by atoms with Gasteiger partial charge >= 0.3 is 0 Å². The van der Waals surface area contributed by atoms with Crippen molar-refractivity contribution in [3.8, 4) is 0 Å². The molecule has 0 saturated carbocycles. The van der Waals surface area contributed by atoms with E-state index in [1.54, 1.807) is 6.08 Å². The Morgan fingerprint density at radius 1 is 1.32 bits per heavy atom. The van der Waals surface area contributed by atoms with Crippen LogP contribution in [0.1, 0.15) is 18.9 Å². The number of carbonyl (C=O) groups is 1. The van der Waals surface area contributed by atoms with Crippen molar-refractivity contribution in [2.24, 2.45) is 11.3 Å².